The monoisotopic (exact) mass is 261 g/mol. The van der Waals surface area contributed by atoms with Crippen LogP contribution >= 0.6 is 0 Å². The van der Waals surface area contributed by atoms with Crippen LogP contribution < -0.4 is 11.1 Å². The van der Waals surface area contributed by atoms with E-state index in [0.717, 1.165) is 44.7 Å². The zero-order chi connectivity index (χ0) is 13.7. The molecule has 1 aliphatic rings. The Hall–Kier alpha value is -1.55. The van der Waals surface area contributed by atoms with E-state index in [1.54, 1.807) is 0 Å². The molecule has 1 heterocycles. The highest BCUT2D eigenvalue weighted by Gasteiger charge is 2.24. The molecule has 1 saturated heterocycles. The summed E-state index contributed by atoms with van der Waals surface area (Å²) < 4.78 is 0. The molecule has 0 unspecified atom stereocenters. The van der Waals surface area contributed by atoms with Crippen molar-refractivity contribution in [2.75, 3.05) is 25.4 Å². The maximum Gasteiger partial charge on any atom is 0.223 e. The molecule has 4 nitrogen and oxygen atoms in total. The summed E-state index contributed by atoms with van der Waals surface area (Å²) in [5, 5.41) is 2.91. The van der Waals surface area contributed by atoms with Crippen LogP contribution in [0.15, 0.2) is 24.3 Å². The van der Waals surface area contributed by atoms with Crippen LogP contribution in [0.1, 0.15) is 25.3 Å². The molecule has 0 aliphatic carbocycles. The van der Waals surface area contributed by atoms with E-state index in [0.29, 0.717) is 0 Å². The first-order valence-electron chi connectivity index (χ1n) is 7.03. The topological polar surface area (TPSA) is 58.4 Å². The third-order valence-corrected chi connectivity index (χ3v) is 3.67. The summed E-state index contributed by atoms with van der Waals surface area (Å²) >= 11 is 0. The Balaban J connectivity index is 1.82. The lowest BCUT2D eigenvalue weighted by Gasteiger charge is -2.31. The molecule has 2 rings (SSSR count). The van der Waals surface area contributed by atoms with Gasteiger partial charge in [0.1, 0.15) is 0 Å². The lowest BCUT2D eigenvalue weighted by molar-refractivity contribution is -0.126. The van der Waals surface area contributed by atoms with Crippen molar-refractivity contribution in [2.45, 2.75) is 26.3 Å². The maximum absolute atomic E-state index is 11.8. The Morgan fingerprint density at radius 1 is 1.42 bits per heavy atom. The van der Waals surface area contributed by atoms with E-state index in [1.807, 2.05) is 25.1 Å². The van der Waals surface area contributed by atoms with Crippen LogP contribution in [-0.2, 0) is 11.3 Å². The number of carbonyl (C=O) groups is 1. The summed E-state index contributed by atoms with van der Waals surface area (Å²) in [6.07, 6.45) is 1.91. The number of nitrogens with one attached hydrogen (secondary N) is 1. The van der Waals surface area contributed by atoms with Gasteiger partial charge in [-0.25, -0.2) is 0 Å². The van der Waals surface area contributed by atoms with E-state index < -0.39 is 0 Å². The number of benzene rings is 1. The maximum atomic E-state index is 11.8. The summed E-state index contributed by atoms with van der Waals surface area (Å²) in [6.45, 7) is 5.58. The Morgan fingerprint density at radius 2 is 2.16 bits per heavy atom. The van der Waals surface area contributed by atoms with Crippen molar-refractivity contribution in [3.63, 3.8) is 0 Å². The minimum Gasteiger partial charge on any atom is -0.399 e. The number of piperidine rings is 1. The number of hydrogen-bond donors (Lipinski definition) is 2. The number of nitrogens with zero attached hydrogens (tertiary/aromatic N) is 1. The number of hydrogen-bond acceptors (Lipinski definition) is 3. The van der Waals surface area contributed by atoms with Gasteiger partial charge in [-0.3, -0.25) is 9.69 Å². The largest absolute Gasteiger partial charge is 0.399 e. The number of nitrogens with two attached hydrogens (primary N) is 1. The first-order chi connectivity index (χ1) is 9.19. The Kier molecular flexibility index (Phi) is 4.80. The molecule has 104 valence electrons. The van der Waals surface area contributed by atoms with Crippen LogP contribution in [0.2, 0.25) is 0 Å². The van der Waals surface area contributed by atoms with Crippen molar-refractivity contribution in [2.24, 2.45) is 5.92 Å². The zero-order valence-electron chi connectivity index (χ0n) is 11.6. The fourth-order valence-corrected chi connectivity index (χ4v) is 2.62. The van der Waals surface area contributed by atoms with Crippen LogP contribution in [0, 0.1) is 5.92 Å². The van der Waals surface area contributed by atoms with Crippen LogP contribution in [0.25, 0.3) is 0 Å². The van der Waals surface area contributed by atoms with Crippen molar-refractivity contribution >= 4 is 11.6 Å². The van der Waals surface area contributed by atoms with Gasteiger partial charge in [-0.05, 0) is 50.6 Å². The Labute approximate surface area is 115 Å². The molecule has 1 aromatic rings. The second kappa shape index (κ2) is 6.57. The highest BCUT2D eigenvalue weighted by molar-refractivity contribution is 5.78. The molecule has 1 fully saturated rings. The van der Waals surface area contributed by atoms with Crippen molar-refractivity contribution < 1.29 is 4.79 Å². The standard InChI is InChI=1S/C15H23N3O/c1-2-17-15(19)13-6-8-18(9-7-13)11-12-4-3-5-14(16)10-12/h3-5,10,13H,2,6-9,11,16H2,1H3,(H,17,19). The summed E-state index contributed by atoms with van der Waals surface area (Å²) in [4.78, 5) is 14.2. The van der Waals surface area contributed by atoms with Gasteiger partial charge in [-0.1, -0.05) is 12.1 Å². The van der Waals surface area contributed by atoms with E-state index in [9.17, 15) is 4.79 Å². The second-order valence-electron chi connectivity index (χ2n) is 5.19. The number of carbonyl (C=O) groups excluding carboxylic acids is 1. The molecule has 0 aromatic heterocycles. The van der Waals surface area contributed by atoms with E-state index in [1.165, 1.54) is 5.56 Å². The Bertz CT molecular complexity index is 425. The number of rotatable bonds is 4. The number of likely N-dealkylation sites (tertiary alicyclic amines) is 1. The highest BCUT2D eigenvalue weighted by atomic mass is 16.1. The molecule has 3 N–H and O–H groups in total. The van der Waals surface area contributed by atoms with Gasteiger partial charge in [0, 0.05) is 24.7 Å². The third-order valence-electron chi connectivity index (χ3n) is 3.67. The SMILES string of the molecule is CCNC(=O)C1CCN(Cc2cccc(N)c2)CC1. The van der Waals surface area contributed by atoms with E-state index in [4.69, 9.17) is 5.73 Å². The third kappa shape index (κ3) is 3.96. The first kappa shape index (κ1) is 13.9. The molecule has 0 atom stereocenters. The summed E-state index contributed by atoms with van der Waals surface area (Å²) in [7, 11) is 0. The molecule has 1 amide bonds. The predicted octanol–water partition coefficient (Wildman–Crippen LogP) is 1.62. The average Bonchev–Trinajstić information content (AvgIpc) is 2.40. The number of anilines is 1. The lowest BCUT2D eigenvalue weighted by Crippen LogP contribution is -2.40. The van der Waals surface area contributed by atoms with Gasteiger partial charge < -0.3 is 11.1 Å². The number of amides is 1. The highest BCUT2D eigenvalue weighted by Crippen LogP contribution is 2.19. The van der Waals surface area contributed by atoms with Gasteiger partial charge in [-0.2, -0.15) is 0 Å². The molecule has 1 aromatic carbocycles. The fourth-order valence-electron chi connectivity index (χ4n) is 2.62. The minimum absolute atomic E-state index is 0.192. The fraction of sp³-hybridized carbons (Fsp3) is 0.533. The average molecular weight is 261 g/mol. The van der Waals surface area contributed by atoms with Crippen molar-refractivity contribution in [3.05, 3.63) is 29.8 Å². The summed E-state index contributed by atoms with van der Waals surface area (Å²) in [6, 6.07) is 8.03. The van der Waals surface area contributed by atoms with Gasteiger partial charge in [0.05, 0.1) is 0 Å². The van der Waals surface area contributed by atoms with Gasteiger partial charge >= 0.3 is 0 Å². The second-order valence-corrected chi connectivity index (χ2v) is 5.19. The quantitative estimate of drug-likeness (QED) is 0.810. The van der Waals surface area contributed by atoms with Crippen LogP contribution in [-0.4, -0.2) is 30.4 Å². The molecule has 0 bridgehead atoms. The molecule has 0 spiro atoms. The Morgan fingerprint density at radius 3 is 2.79 bits per heavy atom. The zero-order valence-corrected chi connectivity index (χ0v) is 11.6. The van der Waals surface area contributed by atoms with Gasteiger partial charge in [0.25, 0.3) is 0 Å². The van der Waals surface area contributed by atoms with Crippen LogP contribution in [0.5, 0.6) is 0 Å². The van der Waals surface area contributed by atoms with Crippen LogP contribution in [0.3, 0.4) is 0 Å². The van der Waals surface area contributed by atoms with Crippen molar-refractivity contribution in [1.82, 2.24) is 10.2 Å². The molecule has 0 saturated carbocycles. The van der Waals surface area contributed by atoms with Gasteiger partial charge in [-0.15, -0.1) is 0 Å². The smallest absolute Gasteiger partial charge is 0.223 e. The number of nitrogen functional groups attached to an aromatic ring is 1. The summed E-state index contributed by atoms with van der Waals surface area (Å²) in [5.74, 6) is 0.406. The van der Waals surface area contributed by atoms with Crippen molar-refractivity contribution in [3.8, 4) is 0 Å². The molecule has 0 radical (unpaired) electrons. The molecule has 1 aliphatic heterocycles. The van der Waals surface area contributed by atoms with Crippen molar-refractivity contribution in [1.29, 1.82) is 0 Å². The van der Waals surface area contributed by atoms with E-state index in [-0.39, 0.29) is 11.8 Å². The van der Waals surface area contributed by atoms with Gasteiger partial charge in [0.2, 0.25) is 5.91 Å². The van der Waals surface area contributed by atoms with E-state index >= 15 is 0 Å². The lowest BCUT2D eigenvalue weighted by atomic mass is 9.95. The normalized spacial score (nSPS) is 17.3. The first-order valence-corrected chi connectivity index (χ1v) is 7.03. The van der Waals surface area contributed by atoms with Crippen LogP contribution in [0.4, 0.5) is 5.69 Å². The minimum atomic E-state index is 0.192. The molecular formula is C15H23N3O. The van der Waals surface area contributed by atoms with Gasteiger partial charge in [0.15, 0.2) is 0 Å². The van der Waals surface area contributed by atoms with E-state index in [2.05, 4.69) is 16.3 Å². The summed E-state index contributed by atoms with van der Waals surface area (Å²) in [5.41, 5.74) is 7.85. The predicted molar refractivity (Wildman–Crippen MR) is 77.5 cm³/mol. The molecule has 4 heteroatoms. The molecular weight excluding hydrogens is 238 g/mol. The molecule has 19 heavy (non-hydrogen) atoms.